The van der Waals surface area contributed by atoms with E-state index in [4.69, 9.17) is 4.74 Å². The number of unbranched alkanes of at least 4 members (excludes halogenated alkanes) is 2. The van der Waals surface area contributed by atoms with Gasteiger partial charge in [0.1, 0.15) is 6.29 Å². The van der Waals surface area contributed by atoms with Crippen molar-refractivity contribution in [2.75, 3.05) is 0 Å². The van der Waals surface area contributed by atoms with Gasteiger partial charge in [-0.25, -0.2) is 0 Å². The average Bonchev–Trinajstić information content (AvgIpc) is 2.50. The first-order chi connectivity index (χ1) is 9.81. The molecule has 0 unspecified atom stereocenters. The van der Waals surface area contributed by atoms with Crippen molar-refractivity contribution in [1.82, 2.24) is 0 Å². The number of hydrogen-bond donors (Lipinski definition) is 0. The Hall–Kier alpha value is -1.15. The van der Waals surface area contributed by atoms with E-state index in [0.29, 0.717) is 6.61 Å². The molecule has 2 nitrogen and oxygen atoms in total. The van der Waals surface area contributed by atoms with Crippen LogP contribution in [0.25, 0.3) is 0 Å². The van der Waals surface area contributed by atoms with Gasteiger partial charge in [0.15, 0.2) is 0 Å². The molecule has 0 radical (unpaired) electrons. The van der Waals surface area contributed by atoms with Crippen LogP contribution in [0.5, 0.6) is 0 Å². The van der Waals surface area contributed by atoms with Crippen LogP contribution < -0.4 is 0 Å². The maximum absolute atomic E-state index is 11.3. The first-order valence-electron chi connectivity index (χ1n) is 7.92. The Labute approximate surface area is 123 Å². The van der Waals surface area contributed by atoms with Crippen molar-refractivity contribution in [1.29, 1.82) is 0 Å². The highest BCUT2D eigenvalue weighted by atomic mass is 16.5. The summed E-state index contributed by atoms with van der Waals surface area (Å²) in [4.78, 5) is 11.3. The molecule has 0 bridgehead atoms. The van der Waals surface area contributed by atoms with Gasteiger partial charge in [0.25, 0.3) is 0 Å². The minimum atomic E-state index is 0.0465. The summed E-state index contributed by atoms with van der Waals surface area (Å²) < 4.78 is 6.05. The molecule has 0 N–H and O–H groups in total. The van der Waals surface area contributed by atoms with E-state index >= 15 is 0 Å². The van der Waals surface area contributed by atoms with E-state index in [2.05, 4.69) is 26.0 Å². The third-order valence-corrected chi connectivity index (χ3v) is 3.69. The smallest absolute Gasteiger partial charge is 0.125 e. The predicted octanol–water partition coefficient (Wildman–Crippen LogP) is 4.77. The zero-order valence-electron chi connectivity index (χ0n) is 12.9. The second kappa shape index (κ2) is 10.6. The molecular formula is C18H28O2. The topological polar surface area (TPSA) is 26.3 Å². The van der Waals surface area contributed by atoms with Crippen molar-refractivity contribution in [2.45, 2.75) is 65.1 Å². The predicted molar refractivity (Wildman–Crippen MR) is 83.6 cm³/mol. The number of carbonyl (C=O) groups excluding carboxylic acids is 1. The minimum Gasteiger partial charge on any atom is -0.373 e. The third kappa shape index (κ3) is 6.33. The largest absolute Gasteiger partial charge is 0.373 e. The number of benzene rings is 1. The molecule has 112 valence electrons. The van der Waals surface area contributed by atoms with Crippen LogP contribution in [0.1, 0.15) is 57.9 Å². The highest BCUT2D eigenvalue weighted by Gasteiger charge is 2.20. The number of carbonyl (C=O) groups is 1. The minimum absolute atomic E-state index is 0.0465. The Bertz CT molecular complexity index is 348. The van der Waals surface area contributed by atoms with E-state index in [1.165, 1.54) is 5.56 Å². The Balaban J connectivity index is 2.55. The molecule has 0 heterocycles. The maximum Gasteiger partial charge on any atom is 0.125 e. The second-order valence-electron chi connectivity index (χ2n) is 5.42. The van der Waals surface area contributed by atoms with Gasteiger partial charge in [-0.15, -0.1) is 0 Å². The summed E-state index contributed by atoms with van der Waals surface area (Å²) in [5.74, 6) is 0.0465. The summed E-state index contributed by atoms with van der Waals surface area (Å²) >= 11 is 0. The highest BCUT2D eigenvalue weighted by molar-refractivity contribution is 5.54. The van der Waals surface area contributed by atoms with E-state index in [-0.39, 0.29) is 12.0 Å². The zero-order chi connectivity index (χ0) is 14.6. The molecular weight excluding hydrogens is 248 g/mol. The standard InChI is InChI=1S/C18H28O2/c1-3-5-12-17(14-19)18(13-6-4-2)20-15-16-10-8-7-9-11-16/h7-11,14,17-18H,3-6,12-13,15H2,1-2H3/t17-,18+/m1/s1. The quantitative estimate of drug-likeness (QED) is 0.544. The van der Waals surface area contributed by atoms with Crippen LogP contribution in [0.3, 0.4) is 0 Å². The Morgan fingerprint density at radius 1 is 1.05 bits per heavy atom. The molecule has 1 aromatic rings. The molecule has 0 amide bonds. The Morgan fingerprint density at radius 2 is 1.70 bits per heavy atom. The summed E-state index contributed by atoms with van der Waals surface area (Å²) in [6.45, 7) is 4.94. The van der Waals surface area contributed by atoms with Crippen LogP contribution in [0, 0.1) is 5.92 Å². The van der Waals surface area contributed by atoms with Crippen LogP contribution in [-0.4, -0.2) is 12.4 Å². The van der Waals surface area contributed by atoms with E-state index < -0.39 is 0 Å². The lowest BCUT2D eigenvalue weighted by molar-refractivity contribution is -0.117. The lowest BCUT2D eigenvalue weighted by atomic mass is 9.93. The number of rotatable bonds is 11. The molecule has 1 rings (SSSR count). The van der Waals surface area contributed by atoms with Crippen molar-refractivity contribution in [2.24, 2.45) is 5.92 Å². The first-order valence-corrected chi connectivity index (χ1v) is 7.92. The molecule has 2 heteroatoms. The lowest BCUT2D eigenvalue weighted by Crippen LogP contribution is -2.25. The van der Waals surface area contributed by atoms with Crippen LogP contribution in [0.15, 0.2) is 30.3 Å². The summed E-state index contributed by atoms with van der Waals surface area (Å²) in [6.07, 6.45) is 7.59. The fourth-order valence-electron chi connectivity index (χ4n) is 2.39. The second-order valence-corrected chi connectivity index (χ2v) is 5.42. The molecule has 20 heavy (non-hydrogen) atoms. The molecule has 0 spiro atoms. The molecule has 2 atom stereocenters. The van der Waals surface area contributed by atoms with Crippen molar-refractivity contribution in [3.05, 3.63) is 35.9 Å². The Morgan fingerprint density at radius 3 is 2.30 bits per heavy atom. The fourth-order valence-corrected chi connectivity index (χ4v) is 2.39. The van der Waals surface area contributed by atoms with Crippen molar-refractivity contribution in [3.8, 4) is 0 Å². The van der Waals surface area contributed by atoms with E-state index in [1.807, 2.05) is 18.2 Å². The van der Waals surface area contributed by atoms with Crippen LogP contribution >= 0.6 is 0 Å². The van der Waals surface area contributed by atoms with Crippen LogP contribution in [0.4, 0.5) is 0 Å². The average molecular weight is 276 g/mol. The highest BCUT2D eigenvalue weighted by Crippen LogP contribution is 2.20. The third-order valence-electron chi connectivity index (χ3n) is 3.69. The lowest BCUT2D eigenvalue weighted by Gasteiger charge is -2.23. The van der Waals surface area contributed by atoms with Gasteiger partial charge in [0.05, 0.1) is 12.7 Å². The molecule has 0 saturated heterocycles. The summed E-state index contributed by atoms with van der Waals surface area (Å²) in [7, 11) is 0. The SMILES string of the molecule is CCCC[C@H](OCc1ccccc1)[C@@H](C=O)CCCC. The first kappa shape index (κ1) is 16.9. The van der Waals surface area contributed by atoms with Gasteiger partial charge in [-0.1, -0.05) is 69.9 Å². The molecule has 0 aliphatic heterocycles. The zero-order valence-corrected chi connectivity index (χ0v) is 12.9. The van der Waals surface area contributed by atoms with Gasteiger partial charge < -0.3 is 9.53 Å². The molecule has 0 aliphatic rings. The number of ether oxygens (including phenoxy) is 1. The van der Waals surface area contributed by atoms with Crippen molar-refractivity contribution in [3.63, 3.8) is 0 Å². The van der Waals surface area contributed by atoms with Crippen LogP contribution in [-0.2, 0) is 16.1 Å². The van der Waals surface area contributed by atoms with Gasteiger partial charge in [-0.05, 0) is 18.4 Å². The number of hydrogen-bond acceptors (Lipinski definition) is 2. The summed E-state index contributed by atoms with van der Waals surface area (Å²) in [5.41, 5.74) is 1.18. The Kier molecular flexibility index (Phi) is 8.97. The normalized spacial score (nSPS) is 13.9. The fraction of sp³-hybridized carbons (Fsp3) is 0.611. The maximum atomic E-state index is 11.3. The van der Waals surface area contributed by atoms with Gasteiger partial charge in [-0.2, -0.15) is 0 Å². The van der Waals surface area contributed by atoms with Crippen molar-refractivity contribution < 1.29 is 9.53 Å². The molecule has 0 aliphatic carbocycles. The van der Waals surface area contributed by atoms with Crippen molar-refractivity contribution >= 4 is 6.29 Å². The molecule has 0 fully saturated rings. The molecule has 0 aromatic heterocycles. The van der Waals surface area contributed by atoms with Gasteiger partial charge in [0, 0.05) is 5.92 Å². The monoisotopic (exact) mass is 276 g/mol. The van der Waals surface area contributed by atoms with Gasteiger partial charge in [-0.3, -0.25) is 0 Å². The van der Waals surface area contributed by atoms with E-state index in [9.17, 15) is 4.79 Å². The molecule has 1 aromatic carbocycles. The summed E-state index contributed by atoms with van der Waals surface area (Å²) in [6, 6.07) is 10.2. The van der Waals surface area contributed by atoms with Gasteiger partial charge in [0.2, 0.25) is 0 Å². The van der Waals surface area contributed by atoms with E-state index in [1.54, 1.807) is 0 Å². The number of aldehydes is 1. The summed E-state index contributed by atoms with van der Waals surface area (Å²) in [5, 5.41) is 0. The van der Waals surface area contributed by atoms with E-state index in [0.717, 1.165) is 44.8 Å². The van der Waals surface area contributed by atoms with Gasteiger partial charge >= 0.3 is 0 Å². The van der Waals surface area contributed by atoms with Crippen LogP contribution in [0.2, 0.25) is 0 Å². The molecule has 0 saturated carbocycles.